The van der Waals surface area contributed by atoms with E-state index < -0.39 is 16.0 Å². The van der Waals surface area contributed by atoms with Gasteiger partial charge in [0.1, 0.15) is 0 Å². The van der Waals surface area contributed by atoms with E-state index in [0.29, 0.717) is 32.5 Å². The van der Waals surface area contributed by atoms with Crippen molar-refractivity contribution in [2.45, 2.75) is 12.8 Å². The van der Waals surface area contributed by atoms with Gasteiger partial charge < -0.3 is 10.1 Å². The first kappa shape index (κ1) is 19.6. The van der Waals surface area contributed by atoms with Gasteiger partial charge in [0.25, 0.3) is 16.1 Å². The Morgan fingerprint density at radius 1 is 1.36 bits per heavy atom. The fourth-order valence-corrected chi connectivity index (χ4v) is 3.86. The Bertz CT molecular complexity index is 716. The fraction of sp³-hybridized carbons (Fsp3) is 0.562. The summed E-state index contributed by atoms with van der Waals surface area (Å²) in [4.78, 5) is 12.1. The maximum Gasteiger partial charge on any atom is 0.281 e. The second kappa shape index (κ2) is 8.11. The molecule has 0 spiro atoms. The molecule has 1 aromatic carbocycles. The SMILES string of the molecule is COc1ccc(C(=O)NCC2CCN(S(=O)(=O)N(C)C)CC2)cc1F. The minimum atomic E-state index is -3.38. The molecule has 7 nitrogen and oxygen atoms in total. The summed E-state index contributed by atoms with van der Waals surface area (Å²) in [7, 11) is 0.998. The summed E-state index contributed by atoms with van der Waals surface area (Å²) in [6.07, 6.45) is 1.34. The van der Waals surface area contributed by atoms with Crippen LogP contribution in [0.4, 0.5) is 4.39 Å². The second-order valence-electron chi connectivity index (χ2n) is 6.19. The maximum atomic E-state index is 13.7. The highest BCUT2D eigenvalue weighted by molar-refractivity contribution is 7.86. The lowest BCUT2D eigenvalue weighted by molar-refractivity contribution is 0.0940. The fourth-order valence-electron chi connectivity index (χ4n) is 2.72. The smallest absolute Gasteiger partial charge is 0.281 e. The lowest BCUT2D eigenvalue weighted by Crippen LogP contribution is -2.45. The van der Waals surface area contributed by atoms with Gasteiger partial charge >= 0.3 is 0 Å². The number of rotatable bonds is 6. The molecule has 25 heavy (non-hydrogen) atoms. The van der Waals surface area contributed by atoms with Crippen molar-refractivity contribution < 1.29 is 22.3 Å². The number of benzene rings is 1. The van der Waals surface area contributed by atoms with E-state index in [1.165, 1.54) is 41.9 Å². The molecular weight excluding hydrogens is 349 g/mol. The number of carbonyl (C=O) groups excluding carboxylic acids is 1. The van der Waals surface area contributed by atoms with E-state index in [0.717, 1.165) is 6.07 Å². The molecule has 1 amide bonds. The zero-order valence-corrected chi connectivity index (χ0v) is 15.5. The van der Waals surface area contributed by atoms with Crippen molar-refractivity contribution in [1.82, 2.24) is 13.9 Å². The van der Waals surface area contributed by atoms with Gasteiger partial charge in [0.15, 0.2) is 11.6 Å². The molecule has 0 aliphatic carbocycles. The van der Waals surface area contributed by atoms with Gasteiger partial charge in [0, 0.05) is 39.3 Å². The predicted molar refractivity (Wildman–Crippen MR) is 92.2 cm³/mol. The molecule has 0 unspecified atom stereocenters. The van der Waals surface area contributed by atoms with Crippen LogP contribution >= 0.6 is 0 Å². The largest absolute Gasteiger partial charge is 0.494 e. The van der Waals surface area contributed by atoms with E-state index >= 15 is 0 Å². The van der Waals surface area contributed by atoms with Gasteiger partial charge in [-0.25, -0.2) is 4.39 Å². The van der Waals surface area contributed by atoms with Crippen molar-refractivity contribution >= 4 is 16.1 Å². The molecule has 1 heterocycles. The number of carbonyl (C=O) groups is 1. The van der Waals surface area contributed by atoms with E-state index in [2.05, 4.69) is 5.32 Å². The van der Waals surface area contributed by atoms with Gasteiger partial charge in [-0.05, 0) is 37.0 Å². The summed E-state index contributed by atoms with van der Waals surface area (Å²) in [5, 5.41) is 2.78. The summed E-state index contributed by atoms with van der Waals surface area (Å²) < 4.78 is 45.3. The number of methoxy groups -OCH3 is 1. The van der Waals surface area contributed by atoms with Crippen LogP contribution in [0.3, 0.4) is 0 Å². The van der Waals surface area contributed by atoms with Crippen LogP contribution < -0.4 is 10.1 Å². The molecule has 140 valence electrons. The highest BCUT2D eigenvalue weighted by atomic mass is 32.2. The van der Waals surface area contributed by atoms with Crippen LogP contribution in [0.25, 0.3) is 0 Å². The first-order chi connectivity index (χ1) is 11.8. The number of halogens is 1. The van der Waals surface area contributed by atoms with Gasteiger partial charge in [0.05, 0.1) is 7.11 Å². The summed E-state index contributed by atoms with van der Waals surface area (Å²) in [6, 6.07) is 4.05. The van der Waals surface area contributed by atoms with Crippen LogP contribution in [0.1, 0.15) is 23.2 Å². The third-order valence-corrected chi connectivity index (χ3v) is 6.27. The molecule has 1 N–H and O–H groups in total. The van der Waals surface area contributed by atoms with E-state index in [4.69, 9.17) is 4.74 Å². The minimum Gasteiger partial charge on any atom is -0.494 e. The molecule has 1 aromatic rings. The van der Waals surface area contributed by atoms with Crippen molar-refractivity contribution in [3.8, 4) is 5.75 Å². The van der Waals surface area contributed by atoms with Gasteiger partial charge in [-0.2, -0.15) is 17.0 Å². The average molecular weight is 373 g/mol. The Kier molecular flexibility index (Phi) is 6.36. The van der Waals surface area contributed by atoms with Crippen molar-refractivity contribution in [2.24, 2.45) is 5.92 Å². The molecule has 9 heteroatoms. The third-order valence-electron chi connectivity index (χ3n) is 4.33. The lowest BCUT2D eigenvalue weighted by Gasteiger charge is -2.32. The Morgan fingerprint density at radius 2 is 2.00 bits per heavy atom. The highest BCUT2D eigenvalue weighted by Crippen LogP contribution is 2.21. The van der Waals surface area contributed by atoms with Crippen molar-refractivity contribution in [2.75, 3.05) is 40.8 Å². The van der Waals surface area contributed by atoms with Gasteiger partial charge in [0.2, 0.25) is 0 Å². The normalized spacial score (nSPS) is 16.8. The number of hydrogen-bond acceptors (Lipinski definition) is 4. The van der Waals surface area contributed by atoms with Crippen molar-refractivity contribution in [3.05, 3.63) is 29.6 Å². The third kappa shape index (κ3) is 4.68. The summed E-state index contributed by atoms with van der Waals surface area (Å²) in [5.41, 5.74) is 0.228. The first-order valence-electron chi connectivity index (χ1n) is 8.05. The molecule has 1 saturated heterocycles. The highest BCUT2D eigenvalue weighted by Gasteiger charge is 2.29. The molecule has 0 atom stereocenters. The van der Waals surface area contributed by atoms with E-state index in [9.17, 15) is 17.6 Å². The monoisotopic (exact) mass is 373 g/mol. The Morgan fingerprint density at radius 3 is 2.52 bits per heavy atom. The van der Waals surface area contributed by atoms with Crippen LogP contribution in [-0.4, -0.2) is 63.8 Å². The molecule has 1 aliphatic rings. The van der Waals surface area contributed by atoms with Crippen molar-refractivity contribution in [1.29, 1.82) is 0 Å². The van der Waals surface area contributed by atoms with Gasteiger partial charge in [-0.3, -0.25) is 4.79 Å². The number of amides is 1. The summed E-state index contributed by atoms with van der Waals surface area (Å²) >= 11 is 0. The van der Waals surface area contributed by atoms with E-state index in [-0.39, 0.29) is 23.1 Å². The lowest BCUT2D eigenvalue weighted by atomic mass is 9.98. The molecular formula is C16H24FN3O4S. The molecule has 0 bridgehead atoms. The molecule has 0 saturated carbocycles. The zero-order valence-electron chi connectivity index (χ0n) is 14.7. The standard InChI is InChI=1S/C16H24FN3O4S/c1-19(2)25(22,23)20-8-6-12(7-9-20)11-18-16(21)13-4-5-15(24-3)14(17)10-13/h4-5,10,12H,6-9,11H2,1-3H3,(H,18,21). The number of ether oxygens (including phenoxy) is 1. The van der Waals surface area contributed by atoms with Crippen LogP contribution in [0.5, 0.6) is 5.75 Å². The minimum absolute atomic E-state index is 0.0889. The first-order valence-corrected chi connectivity index (χ1v) is 9.44. The van der Waals surface area contributed by atoms with Crippen LogP contribution in [-0.2, 0) is 10.2 Å². The summed E-state index contributed by atoms with van der Waals surface area (Å²) in [5.74, 6) is -0.658. The topological polar surface area (TPSA) is 79.0 Å². The van der Waals surface area contributed by atoms with Gasteiger partial charge in [-0.1, -0.05) is 0 Å². The molecule has 0 radical (unpaired) electrons. The number of nitrogens with one attached hydrogen (secondary N) is 1. The van der Waals surface area contributed by atoms with Crippen LogP contribution in [0.2, 0.25) is 0 Å². The number of hydrogen-bond donors (Lipinski definition) is 1. The molecule has 2 rings (SSSR count). The predicted octanol–water partition coefficient (Wildman–Crippen LogP) is 1.08. The second-order valence-corrected chi connectivity index (χ2v) is 8.33. The number of nitrogens with zero attached hydrogens (tertiary/aromatic N) is 2. The molecule has 1 fully saturated rings. The quantitative estimate of drug-likeness (QED) is 0.809. The molecule has 0 aromatic heterocycles. The van der Waals surface area contributed by atoms with E-state index in [1.54, 1.807) is 0 Å². The molecule has 1 aliphatic heterocycles. The Labute approximate surface area is 147 Å². The Balaban J connectivity index is 1.85. The van der Waals surface area contributed by atoms with Crippen molar-refractivity contribution in [3.63, 3.8) is 0 Å². The maximum absolute atomic E-state index is 13.7. The Hall–Kier alpha value is -1.71. The van der Waals surface area contributed by atoms with Crippen LogP contribution in [0, 0.1) is 11.7 Å². The zero-order chi connectivity index (χ0) is 18.6. The average Bonchev–Trinajstić information content (AvgIpc) is 2.59. The van der Waals surface area contributed by atoms with Gasteiger partial charge in [-0.15, -0.1) is 0 Å². The number of piperidine rings is 1. The van der Waals surface area contributed by atoms with Crippen LogP contribution in [0.15, 0.2) is 18.2 Å². The summed E-state index contributed by atoms with van der Waals surface area (Å²) in [6.45, 7) is 1.29. The van der Waals surface area contributed by atoms with E-state index in [1.807, 2.05) is 0 Å².